The lowest BCUT2D eigenvalue weighted by Gasteiger charge is -2.08. The molecule has 9 heteroatoms. The SMILES string of the molecule is CNS(=O)(=O)c1ccc(C(=O)Nc2ccccc2-c2nc3ccccc3[nH]2)o1. The summed E-state index contributed by atoms with van der Waals surface area (Å²) in [7, 11) is -2.50. The zero-order valence-corrected chi connectivity index (χ0v) is 15.6. The first-order chi connectivity index (χ1) is 13.5. The van der Waals surface area contributed by atoms with Gasteiger partial charge in [-0.2, -0.15) is 0 Å². The number of para-hydroxylation sites is 3. The second kappa shape index (κ2) is 6.95. The van der Waals surface area contributed by atoms with E-state index >= 15 is 0 Å². The molecule has 2 aromatic heterocycles. The average molecular weight is 396 g/mol. The number of imidazole rings is 1. The molecule has 0 bridgehead atoms. The first kappa shape index (κ1) is 18.0. The highest BCUT2D eigenvalue weighted by atomic mass is 32.2. The van der Waals surface area contributed by atoms with Crippen LogP contribution in [0.2, 0.25) is 0 Å². The molecular formula is C19H16N4O4S. The van der Waals surface area contributed by atoms with Gasteiger partial charge >= 0.3 is 0 Å². The van der Waals surface area contributed by atoms with Crippen LogP contribution in [0, 0.1) is 0 Å². The summed E-state index contributed by atoms with van der Waals surface area (Å²) >= 11 is 0. The molecule has 4 rings (SSSR count). The van der Waals surface area contributed by atoms with Gasteiger partial charge in [-0.05, 0) is 43.4 Å². The molecule has 0 aliphatic rings. The molecule has 1 amide bonds. The minimum absolute atomic E-state index is 0.117. The number of anilines is 1. The Kier molecular flexibility index (Phi) is 4.46. The first-order valence-electron chi connectivity index (χ1n) is 8.37. The summed E-state index contributed by atoms with van der Waals surface area (Å²) in [5, 5.41) is 2.42. The Labute approximate surface area is 160 Å². The number of nitrogens with zero attached hydrogens (tertiary/aromatic N) is 1. The maximum atomic E-state index is 12.5. The van der Waals surface area contributed by atoms with Crippen LogP contribution in [0.1, 0.15) is 10.6 Å². The highest BCUT2D eigenvalue weighted by molar-refractivity contribution is 7.89. The fraction of sp³-hybridized carbons (Fsp3) is 0.0526. The van der Waals surface area contributed by atoms with E-state index in [0.29, 0.717) is 17.1 Å². The van der Waals surface area contributed by atoms with Crippen LogP contribution >= 0.6 is 0 Å². The number of fused-ring (bicyclic) bond motifs is 1. The molecule has 142 valence electrons. The number of nitrogens with one attached hydrogen (secondary N) is 3. The summed E-state index contributed by atoms with van der Waals surface area (Å²) in [4.78, 5) is 20.3. The van der Waals surface area contributed by atoms with Gasteiger partial charge < -0.3 is 14.7 Å². The van der Waals surface area contributed by atoms with Gasteiger partial charge in [0.25, 0.3) is 15.9 Å². The number of H-pyrrole nitrogens is 1. The Hall–Kier alpha value is -3.43. The second-order valence-electron chi connectivity index (χ2n) is 5.93. The summed E-state index contributed by atoms with van der Waals surface area (Å²) in [5.41, 5.74) is 2.90. The van der Waals surface area contributed by atoms with Crippen LogP contribution in [0.25, 0.3) is 22.4 Å². The van der Waals surface area contributed by atoms with E-state index in [1.54, 1.807) is 12.1 Å². The van der Waals surface area contributed by atoms with Crippen LogP contribution in [0.4, 0.5) is 5.69 Å². The van der Waals surface area contributed by atoms with Crippen molar-refractivity contribution in [1.82, 2.24) is 14.7 Å². The van der Waals surface area contributed by atoms with Gasteiger partial charge in [-0.1, -0.05) is 24.3 Å². The number of sulfonamides is 1. The van der Waals surface area contributed by atoms with Crippen molar-refractivity contribution >= 4 is 32.7 Å². The van der Waals surface area contributed by atoms with Gasteiger partial charge in [0, 0.05) is 5.56 Å². The number of aromatic nitrogens is 2. The molecule has 0 radical (unpaired) electrons. The molecule has 28 heavy (non-hydrogen) atoms. The minimum atomic E-state index is -3.76. The van der Waals surface area contributed by atoms with Crippen LogP contribution in [-0.2, 0) is 10.0 Å². The van der Waals surface area contributed by atoms with E-state index in [0.717, 1.165) is 11.0 Å². The van der Waals surface area contributed by atoms with Crippen LogP contribution in [0.3, 0.4) is 0 Å². The van der Waals surface area contributed by atoms with Crippen molar-refractivity contribution < 1.29 is 17.6 Å². The fourth-order valence-electron chi connectivity index (χ4n) is 2.75. The number of rotatable bonds is 5. The number of benzene rings is 2. The van der Waals surface area contributed by atoms with Crippen molar-refractivity contribution in [2.24, 2.45) is 0 Å². The standard InChI is InChI=1S/C19H16N4O4S/c1-20-28(25,26)17-11-10-16(27-17)19(24)23-13-7-3-2-6-12(13)18-21-14-8-4-5-9-15(14)22-18/h2-11,20H,1H3,(H,21,22)(H,23,24). The van der Waals surface area contributed by atoms with Crippen molar-refractivity contribution in [2.75, 3.05) is 12.4 Å². The molecule has 8 nitrogen and oxygen atoms in total. The highest BCUT2D eigenvalue weighted by Gasteiger charge is 2.20. The van der Waals surface area contributed by atoms with Crippen molar-refractivity contribution in [1.29, 1.82) is 0 Å². The summed E-state index contributed by atoms with van der Waals surface area (Å²) in [6, 6.07) is 17.3. The van der Waals surface area contributed by atoms with E-state index in [-0.39, 0.29) is 10.9 Å². The summed E-state index contributed by atoms with van der Waals surface area (Å²) < 4.78 is 30.9. The third-order valence-electron chi connectivity index (χ3n) is 4.16. The summed E-state index contributed by atoms with van der Waals surface area (Å²) in [5.74, 6) is -0.0793. The normalized spacial score (nSPS) is 11.6. The molecule has 4 aromatic rings. The number of hydrogen-bond donors (Lipinski definition) is 3. The molecule has 0 aliphatic carbocycles. The van der Waals surface area contributed by atoms with Crippen LogP contribution in [-0.4, -0.2) is 31.3 Å². The van der Waals surface area contributed by atoms with Gasteiger partial charge in [0.05, 0.1) is 16.7 Å². The lowest BCUT2D eigenvalue weighted by Crippen LogP contribution is -2.18. The average Bonchev–Trinajstić information content (AvgIpc) is 3.36. The van der Waals surface area contributed by atoms with Gasteiger partial charge in [0.1, 0.15) is 5.82 Å². The molecule has 0 saturated carbocycles. The number of furan rings is 1. The number of amides is 1. The Bertz CT molecular complexity index is 1240. The largest absolute Gasteiger partial charge is 0.438 e. The van der Waals surface area contributed by atoms with Crippen molar-refractivity contribution in [2.45, 2.75) is 5.09 Å². The van der Waals surface area contributed by atoms with Gasteiger partial charge in [0.15, 0.2) is 5.76 Å². The maximum Gasteiger partial charge on any atom is 0.291 e. The molecule has 2 aromatic carbocycles. The van der Waals surface area contributed by atoms with Gasteiger partial charge in [0.2, 0.25) is 5.09 Å². The third kappa shape index (κ3) is 3.28. The molecule has 0 aliphatic heterocycles. The van der Waals surface area contributed by atoms with Crippen LogP contribution in [0.5, 0.6) is 0 Å². The van der Waals surface area contributed by atoms with E-state index in [1.165, 1.54) is 19.2 Å². The van der Waals surface area contributed by atoms with E-state index in [1.807, 2.05) is 36.4 Å². The Balaban J connectivity index is 1.65. The Morgan fingerprint density at radius 3 is 2.57 bits per heavy atom. The first-order valence-corrected chi connectivity index (χ1v) is 9.85. The monoisotopic (exact) mass is 396 g/mol. The Morgan fingerprint density at radius 1 is 1.04 bits per heavy atom. The lowest BCUT2D eigenvalue weighted by atomic mass is 10.1. The van der Waals surface area contributed by atoms with Crippen LogP contribution in [0.15, 0.2) is 70.2 Å². The zero-order chi connectivity index (χ0) is 19.7. The van der Waals surface area contributed by atoms with Gasteiger partial charge in [-0.3, -0.25) is 4.79 Å². The third-order valence-corrected chi connectivity index (χ3v) is 5.45. The molecule has 2 heterocycles. The van der Waals surface area contributed by atoms with Gasteiger partial charge in [-0.15, -0.1) is 0 Å². The molecular weight excluding hydrogens is 380 g/mol. The van der Waals surface area contributed by atoms with Gasteiger partial charge in [-0.25, -0.2) is 18.1 Å². The van der Waals surface area contributed by atoms with Crippen molar-refractivity contribution in [3.63, 3.8) is 0 Å². The number of aromatic amines is 1. The molecule has 0 saturated heterocycles. The van der Waals surface area contributed by atoms with Crippen molar-refractivity contribution in [3.05, 3.63) is 66.4 Å². The van der Waals surface area contributed by atoms with E-state index in [4.69, 9.17) is 4.42 Å². The Morgan fingerprint density at radius 2 is 1.79 bits per heavy atom. The molecule has 0 atom stereocenters. The lowest BCUT2D eigenvalue weighted by molar-refractivity contribution is 0.0991. The van der Waals surface area contributed by atoms with Crippen molar-refractivity contribution in [3.8, 4) is 11.4 Å². The van der Waals surface area contributed by atoms with E-state index in [9.17, 15) is 13.2 Å². The number of hydrogen-bond acceptors (Lipinski definition) is 5. The van der Waals surface area contributed by atoms with Crippen LogP contribution < -0.4 is 10.0 Å². The topological polar surface area (TPSA) is 117 Å². The summed E-state index contributed by atoms with van der Waals surface area (Å²) in [6.07, 6.45) is 0. The predicted octanol–water partition coefficient (Wildman–Crippen LogP) is 2.98. The zero-order valence-electron chi connectivity index (χ0n) is 14.8. The molecule has 0 spiro atoms. The fourth-order valence-corrected chi connectivity index (χ4v) is 3.40. The maximum absolute atomic E-state index is 12.5. The van der Waals surface area contributed by atoms with E-state index in [2.05, 4.69) is 20.0 Å². The predicted molar refractivity (Wildman–Crippen MR) is 104 cm³/mol. The number of carbonyl (C=O) groups is 1. The second-order valence-corrected chi connectivity index (χ2v) is 7.75. The minimum Gasteiger partial charge on any atom is -0.438 e. The molecule has 3 N–H and O–H groups in total. The quantitative estimate of drug-likeness (QED) is 0.479. The molecule has 0 unspecified atom stereocenters. The smallest absolute Gasteiger partial charge is 0.291 e. The van der Waals surface area contributed by atoms with E-state index < -0.39 is 15.9 Å². The summed E-state index contributed by atoms with van der Waals surface area (Å²) in [6.45, 7) is 0. The highest BCUT2D eigenvalue weighted by Crippen LogP contribution is 2.28. The molecule has 0 fully saturated rings. The number of carbonyl (C=O) groups excluding carboxylic acids is 1.